The van der Waals surface area contributed by atoms with Gasteiger partial charge in [0, 0.05) is 24.8 Å². The van der Waals surface area contributed by atoms with Crippen molar-refractivity contribution < 1.29 is 14.3 Å². The zero-order valence-electron chi connectivity index (χ0n) is 18.2. The Balaban J connectivity index is 1.53. The smallest absolute Gasteiger partial charge is 0.273 e. The van der Waals surface area contributed by atoms with Crippen LogP contribution >= 0.6 is 0 Å². The summed E-state index contributed by atoms with van der Waals surface area (Å²) in [5.41, 5.74) is 2.24. The van der Waals surface area contributed by atoms with Crippen LogP contribution in [0.5, 0.6) is 0 Å². The van der Waals surface area contributed by atoms with Gasteiger partial charge in [-0.05, 0) is 37.5 Å². The summed E-state index contributed by atoms with van der Waals surface area (Å²) in [7, 11) is 0. The van der Waals surface area contributed by atoms with Crippen molar-refractivity contribution in [2.24, 2.45) is 0 Å². The molecular weight excluding hydrogens is 390 g/mol. The highest BCUT2D eigenvalue weighted by Crippen LogP contribution is 2.25. The van der Waals surface area contributed by atoms with Crippen LogP contribution in [0.3, 0.4) is 0 Å². The van der Waals surface area contributed by atoms with Gasteiger partial charge in [0.2, 0.25) is 5.91 Å². The van der Waals surface area contributed by atoms with E-state index in [4.69, 9.17) is 4.74 Å². The molecule has 1 aliphatic carbocycles. The minimum absolute atomic E-state index is 0.0127. The van der Waals surface area contributed by atoms with Crippen LogP contribution in [0.2, 0.25) is 0 Å². The van der Waals surface area contributed by atoms with E-state index in [0.717, 1.165) is 36.9 Å². The number of hydrogen-bond donors (Lipinski definition) is 0. The van der Waals surface area contributed by atoms with Crippen molar-refractivity contribution in [1.82, 2.24) is 14.8 Å². The summed E-state index contributed by atoms with van der Waals surface area (Å²) in [6, 6.07) is 15.7. The van der Waals surface area contributed by atoms with Crippen molar-refractivity contribution in [1.29, 1.82) is 0 Å². The van der Waals surface area contributed by atoms with Gasteiger partial charge < -0.3 is 14.5 Å². The molecule has 31 heavy (non-hydrogen) atoms. The highest BCUT2D eigenvalue weighted by atomic mass is 16.5. The lowest BCUT2D eigenvalue weighted by molar-refractivity contribution is -0.134. The Morgan fingerprint density at radius 1 is 1.03 bits per heavy atom. The number of aromatic nitrogens is 1. The molecule has 0 spiro atoms. The summed E-state index contributed by atoms with van der Waals surface area (Å²) in [5, 5.41) is 0. The fourth-order valence-corrected chi connectivity index (χ4v) is 4.56. The van der Waals surface area contributed by atoms with Crippen LogP contribution in [0.15, 0.2) is 48.5 Å². The molecule has 6 nitrogen and oxygen atoms in total. The molecule has 2 amide bonds. The number of carbonyl (C=O) groups is 2. The maximum atomic E-state index is 13.2. The fourth-order valence-electron chi connectivity index (χ4n) is 4.56. The van der Waals surface area contributed by atoms with Crippen LogP contribution in [0, 0.1) is 6.92 Å². The number of pyridine rings is 1. The number of benzene rings is 1. The first-order valence-electron chi connectivity index (χ1n) is 11.3. The lowest BCUT2D eigenvalue weighted by atomic mass is 9.94. The Labute approximate surface area is 184 Å². The lowest BCUT2D eigenvalue weighted by Gasteiger charge is -2.34. The molecule has 164 valence electrons. The van der Waals surface area contributed by atoms with E-state index < -0.39 is 0 Å². The molecule has 0 N–H and O–H groups in total. The monoisotopic (exact) mass is 421 g/mol. The van der Waals surface area contributed by atoms with Crippen LogP contribution in [-0.4, -0.2) is 58.4 Å². The van der Waals surface area contributed by atoms with Crippen molar-refractivity contribution in [2.75, 3.05) is 19.6 Å². The van der Waals surface area contributed by atoms with Crippen molar-refractivity contribution >= 4 is 11.8 Å². The molecule has 1 aromatic carbocycles. The molecular formula is C25H31N3O3. The standard InChI is InChI=1S/C25H31N3O3/c1-19-9-8-14-23(26-19)25(30)27-15-22(31-18-20-10-4-2-5-11-20)16-28(24(29)17-27)21-12-6-3-7-13-21/h2,4-5,8-11,14,21-22H,3,6-7,12-13,15-18H2,1H3/t22-/m1/s1. The highest BCUT2D eigenvalue weighted by Gasteiger charge is 2.35. The number of aryl methyl sites for hydroxylation is 1. The van der Waals surface area contributed by atoms with E-state index in [2.05, 4.69) is 4.98 Å². The Bertz CT molecular complexity index is 896. The normalized spacial score (nSPS) is 20.5. The second kappa shape index (κ2) is 10.1. The lowest BCUT2D eigenvalue weighted by Crippen LogP contribution is -2.46. The average Bonchev–Trinajstić information content (AvgIpc) is 2.97. The number of rotatable bonds is 5. The molecule has 2 aliphatic rings. The minimum atomic E-state index is -0.234. The van der Waals surface area contributed by atoms with Gasteiger partial charge in [0.15, 0.2) is 0 Å². The highest BCUT2D eigenvalue weighted by molar-refractivity contribution is 5.95. The molecule has 1 saturated carbocycles. The summed E-state index contributed by atoms with van der Waals surface area (Å²) in [6.07, 6.45) is 5.37. The van der Waals surface area contributed by atoms with E-state index in [9.17, 15) is 9.59 Å². The number of hydrogen-bond acceptors (Lipinski definition) is 4. The van der Waals surface area contributed by atoms with Crippen LogP contribution in [0.4, 0.5) is 0 Å². The second-order valence-corrected chi connectivity index (χ2v) is 8.61. The molecule has 0 unspecified atom stereocenters. The molecule has 4 rings (SSSR count). The predicted molar refractivity (Wildman–Crippen MR) is 118 cm³/mol. The Kier molecular flexibility index (Phi) is 6.97. The Morgan fingerprint density at radius 2 is 1.81 bits per heavy atom. The third-order valence-corrected chi connectivity index (χ3v) is 6.21. The summed E-state index contributed by atoms with van der Waals surface area (Å²) >= 11 is 0. The molecule has 2 fully saturated rings. The van der Waals surface area contributed by atoms with Gasteiger partial charge in [-0.3, -0.25) is 9.59 Å². The summed E-state index contributed by atoms with van der Waals surface area (Å²) in [5.74, 6) is -0.199. The van der Waals surface area contributed by atoms with Crippen LogP contribution < -0.4 is 0 Å². The van der Waals surface area contributed by atoms with Gasteiger partial charge in [0.05, 0.1) is 12.7 Å². The van der Waals surface area contributed by atoms with Gasteiger partial charge in [-0.2, -0.15) is 0 Å². The topological polar surface area (TPSA) is 62.7 Å². The molecule has 1 aromatic heterocycles. The molecule has 6 heteroatoms. The maximum Gasteiger partial charge on any atom is 0.273 e. The number of nitrogens with zero attached hydrogens (tertiary/aromatic N) is 3. The van der Waals surface area contributed by atoms with Gasteiger partial charge in [-0.25, -0.2) is 4.98 Å². The first-order valence-corrected chi connectivity index (χ1v) is 11.3. The zero-order valence-corrected chi connectivity index (χ0v) is 18.2. The zero-order chi connectivity index (χ0) is 21.6. The SMILES string of the molecule is Cc1cccc(C(=O)N2CC(=O)N(C3CCCCC3)C[C@H](OCc3ccccc3)C2)n1. The molecule has 1 aliphatic heterocycles. The number of carbonyl (C=O) groups excluding carboxylic acids is 2. The molecule has 0 radical (unpaired) electrons. The van der Waals surface area contributed by atoms with E-state index in [-0.39, 0.29) is 30.5 Å². The first-order chi connectivity index (χ1) is 15.1. The van der Waals surface area contributed by atoms with Crippen LogP contribution in [0.1, 0.15) is 53.8 Å². The van der Waals surface area contributed by atoms with Gasteiger partial charge in [-0.1, -0.05) is 55.7 Å². The van der Waals surface area contributed by atoms with Crippen molar-refractivity contribution in [3.8, 4) is 0 Å². The molecule has 2 heterocycles. The third-order valence-electron chi connectivity index (χ3n) is 6.21. The summed E-state index contributed by atoms with van der Waals surface area (Å²) in [4.78, 5) is 34.4. The minimum Gasteiger partial charge on any atom is -0.370 e. The Hall–Kier alpha value is -2.73. The molecule has 0 bridgehead atoms. The van der Waals surface area contributed by atoms with E-state index >= 15 is 0 Å². The maximum absolute atomic E-state index is 13.2. The quantitative estimate of drug-likeness (QED) is 0.740. The van der Waals surface area contributed by atoms with Gasteiger partial charge in [0.1, 0.15) is 12.2 Å². The van der Waals surface area contributed by atoms with Gasteiger partial charge >= 0.3 is 0 Å². The number of amides is 2. The van der Waals surface area contributed by atoms with Crippen LogP contribution in [0.25, 0.3) is 0 Å². The number of ether oxygens (including phenoxy) is 1. The fraction of sp³-hybridized carbons (Fsp3) is 0.480. The van der Waals surface area contributed by atoms with E-state index in [1.807, 2.05) is 54.3 Å². The van der Waals surface area contributed by atoms with Gasteiger partial charge in [-0.15, -0.1) is 0 Å². The molecule has 1 atom stereocenters. The molecule has 1 saturated heterocycles. The average molecular weight is 422 g/mol. The first kappa shape index (κ1) is 21.5. The van der Waals surface area contributed by atoms with Crippen molar-refractivity contribution in [3.63, 3.8) is 0 Å². The van der Waals surface area contributed by atoms with E-state index in [0.29, 0.717) is 25.4 Å². The van der Waals surface area contributed by atoms with Crippen molar-refractivity contribution in [3.05, 3.63) is 65.5 Å². The van der Waals surface area contributed by atoms with Crippen molar-refractivity contribution in [2.45, 2.75) is 57.8 Å². The largest absolute Gasteiger partial charge is 0.370 e. The summed E-state index contributed by atoms with van der Waals surface area (Å²) in [6.45, 7) is 3.32. The van der Waals surface area contributed by atoms with Gasteiger partial charge in [0.25, 0.3) is 5.91 Å². The van der Waals surface area contributed by atoms with E-state index in [1.54, 1.807) is 11.0 Å². The second-order valence-electron chi connectivity index (χ2n) is 8.61. The predicted octanol–water partition coefficient (Wildman–Crippen LogP) is 3.59. The third kappa shape index (κ3) is 5.50. The summed E-state index contributed by atoms with van der Waals surface area (Å²) < 4.78 is 6.25. The van der Waals surface area contributed by atoms with Crippen LogP contribution in [-0.2, 0) is 16.1 Å². The molecule has 2 aromatic rings. The Morgan fingerprint density at radius 3 is 2.55 bits per heavy atom. The van der Waals surface area contributed by atoms with E-state index in [1.165, 1.54) is 6.42 Å².